The third-order valence-electron chi connectivity index (χ3n) is 2.78. The number of fused-ring (bicyclic) bond motifs is 1. The molecule has 10 heteroatoms. The van der Waals surface area contributed by atoms with Gasteiger partial charge in [0, 0.05) is 42.8 Å². The summed E-state index contributed by atoms with van der Waals surface area (Å²) in [5, 5.41) is 19.0. The van der Waals surface area contributed by atoms with Crippen LogP contribution in [0, 0.1) is 6.92 Å². The highest BCUT2D eigenvalue weighted by Gasteiger charge is 2.11. The first-order chi connectivity index (χ1) is 11.3. The molecule has 0 atom stereocenters. The van der Waals surface area contributed by atoms with Crippen LogP contribution in [0.2, 0.25) is 0 Å². The van der Waals surface area contributed by atoms with Crippen molar-refractivity contribution in [1.82, 2.24) is 35.0 Å². The van der Waals surface area contributed by atoms with Crippen molar-refractivity contribution < 1.29 is 4.74 Å². The summed E-state index contributed by atoms with van der Waals surface area (Å²) in [5.41, 5.74) is 1.71. The lowest BCUT2D eigenvalue weighted by Gasteiger charge is -2.08. The monoisotopic (exact) mass is 543 g/mol. The first kappa shape index (κ1) is 20.0. The summed E-state index contributed by atoms with van der Waals surface area (Å²) in [5.74, 6) is 1.95. The normalized spacial score (nSPS) is 9.65. The number of halogens is 2. The van der Waals surface area contributed by atoms with Crippen LogP contribution in [-0.4, -0.2) is 35.0 Å². The molecule has 0 radical (unpaired) electrons. The summed E-state index contributed by atoms with van der Waals surface area (Å²) >= 11 is 4.24. The molecular weight excluding hydrogens is 524 g/mol. The summed E-state index contributed by atoms with van der Waals surface area (Å²) < 4.78 is 7.35. The van der Waals surface area contributed by atoms with Gasteiger partial charge in [-0.25, -0.2) is 4.98 Å². The molecular formula is C13H19I2N7O. The van der Waals surface area contributed by atoms with Gasteiger partial charge in [0.25, 0.3) is 0 Å². The average molecular weight is 543 g/mol. The maximum absolute atomic E-state index is 5.68. The van der Waals surface area contributed by atoms with Gasteiger partial charge in [-0.2, -0.15) is 9.61 Å². The molecule has 0 saturated heterocycles. The summed E-state index contributed by atoms with van der Waals surface area (Å²) in [7, 11) is 0. The van der Waals surface area contributed by atoms with Crippen LogP contribution in [0.1, 0.15) is 38.0 Å². The topological polar surface area (TPSA) is 93.9 Å². The summed E-state index contributed by atoms with van der Waals surface area (Å²) in [6.07, 6.45) is 2.25. The number of rotatable bonds is 4. The van der Waals surface area contributed by atoms with E-state index in [-0.39, 0.29) is 0 Å². The molecule has 126 valence electrons. The Kier molecular flexibility index (Phi) is 9.28. The molecule has 0 spiro atoms. The van der Waals surface area contributed by atoms with E-state index in [0.29, 0.717) is 18.3 Å². The van der Waals surface area contributed by atoms with Crippen LogP contribution in [0.4, 0.5) is 0 Å². The number of aromatic amines is 1. The number of aryl methyl sites for hydroxylation is 2. The zero-order valence-corrected chi connectivity index (χ0v) is 17.7. The number of ether oxygens (including phenoxy) is 1. The van der Waals surface area contributed by atoms with Crippen molar-refractivity contribution in [1.29, 1.82) is 0 Å². The zero-order chi connectivity index (χ0) is 17.2. The number of hydrogen-bond acceptors (Lipinski definition) is 6. The molecule has 0 unspecified atom stereocenters. The van der Waals surface area contributed by atoms with Gasteiger partial charge in [-0.05, 0) is 19.4 Å². The maximum atomic E-state index is 5.68. The largest absolute Gasteiger partial charge is 0.468 e. The van der Waals surface area contributed by atoms with Gasteiger partial charge in [0.05, 0.1) is 0 Å². The summed E-state index contributed by atoms with van der Waals surface area (Å²) in [4.78, 5) is 4.01. The predicted molar refractivity (Wildman–Crippen MR) is 105 cm³/mol. The van der Waals surface area contributed by atoms with E-state index in [0.717, 1.165) is 23.5 Å². The smallest absolute Gasteiger partial charge is 0.235 e. The third kappa shape index (κ3) is 5.22. The van der Waals surface area contributed by atoms with Crippen LogP contribution < -0.4 is 4.74 Å². The van der Waals surface area contributed by atoms with E-state index in [9.17, 15) is 0 Å². The Bertz CT molecular complexity index is 700. The van der Waals surface area contributed by atoms with E-state index >= 15 is 0 Å². The second-order valence-electron chi connectivity index (χ2n) is 4.07. The molecule has 0 bridgehead atoms. The van der Waals surface area contributed by atoms with E-state index in [2.05, 4.69) is 67.7 Å². The van der Waals surface area contributed by atoms with Crippen molar-refractivity contribution in [2.24, 2.45) is 0 Å². The van der Waals surface area contributed by atoms with Crippen LogP contribution in [0.5, 0.6) is 5.88 Å². The molecule has 0 amide bonds. The molecule has 0 aliphatic rings. The van der Waals surface area contributed by atoms with Gasteiger partial charge < -0.3 is 4.74 Å². The van der Waals surface area contributed by atoms with E-state index in [1.54, 1.807) is 4.52 Å². The standard InChI is InChI=1S/C11H13N7O.C2H6.I2/c1-3-8-4-10-16-14-7(2)18(10)17-11(8)19-5-9-12-6-13-15-9;2*1-2/h4,6H,3,5H2,1-2H3,(H,12,13,15);1-2H3;. The van der Waals surface area contributed by atoms with Crippen LogP contribution in [0.15, 0.2) is 12.4 Å². The minimum Gasteiger partial charge on any atom is -0.468 e. The van der Waals surface area contributed by atoms with Crippen molar-refractivity contribution in [2.45, 2.75) is 40.7 Å². The van der Waals surface area contributed by atoms with Gasteiger partial charge in [0.2, 0.25) is 5.88 Å². The highest BCUT2D eigenvalue weighted by Crippen LogP contribution is 2.18. The molecule has 8 nitrogen and oxygen atoms in total. The van der Waals surface area contributed by atoms with Gasteiger partial charge >= 0.3 is 0 Å². The number of aromatic nitrogens is 7. The lowest BCUT2D eigenvalue weighted by molar-refractivity contribution is 0.276. The Morgan fingerprint density at radius 3 is 2.61 bits per heavy atom. The molecule has 23 heavy (non-hydrogen) atoms. The number of nitrogens with one attached hydrogen (secondary N) is 1. The van der Waals surface area contributed by atoms with E-state index in [1.165, 1.54) is 6.33 Å². The van der Waals surface area contributed by atoms with Crippen molar-refractivity contribution in [3.05, 3.63) is 29.6 Å². The Balaban J connectivity index is 0.000000615. The minimum absolute atomic E-state index is 0.298. The van der Waals surface area contributed by atoms with Gasteiger partial charge in [-0.1, -0.05) is 20.8 Å². The number of nitrogens with zero attached hydrogens (tertiary/aromatic N) is 6. The summed E-state index contributed by atoms with van der Waals surface area (Å²) in [6, 6.07) is 1.93. The van der Waals surface area contributed by atoms with Crippen molar-refractivity contribution >= 4 is 42.9 Å². The van der Waals surface area contributed by atoms with Crippen molar-refractivity contribution in [2.75, 3.05) is 0 Å². The molecule has 0 aliphatic carbocycles. The molecule has 3 heterocycles. The van der Waals surface area contributed by atoms with Crippen LogP contribution in [-0.2, 0) is 13.0 Å². The minimum atomic E-state index is 0.298. The molecule has 0 aliphatic heterocycles. The zero-order valence-electron chi connectivity index (χ0n) is 13.4. The van der Waals surface area contributed by atoms with Gasteiger partial charge in [0.1, 0.15) is 12.9 Å². The molecule has 0 saturated carbocycles. The SMILES string of the molecule is CC.CCc1cc2nnc(C)n2nc1OCc1ncn[nH]1.II. The van der Waals surface area contributed by atoms with Crippen LogP contribution >= 0.6 is 37.2 Å². The fraction of sp³-hybridized carbons (Fsp3) is 0.462. The molecule has 0 aromatic carbocycles. The molecule has 3 rings (SSSR count). The number of H-pyrrole nitrogens is 1. The lowest BCUT2D eigenvalue weighted by atomic mass is 10.2. The van der Waals surface area contributed by atoms with Crippen LogP contribution in [0.3, 0.4) is 0 Å². The predicted octanol–water partition coefficient (Wildman–Crippen LogP) is 3.49. The van der Waals surface area contributed by atoms with Gasteiger partial charge in [-0.15, -0.1) is 15.3 Å². The van der Waals surface area contributed by atoms with Gasteiger partial charge in [-0.3, -0.25) is 5.10 Å². The van der Waals surface area contributed by atoms with Crippen LogP contribution in [0.25, 0.3) is 5.65 Å². The van der Waals surface area contributed by atoms with Gasteiger partial charge in [0.15, 0.2) is 17.3 Å². The Labute approximate surface area is 158 Å². The maximum Gasteiger partial charge on any atom is 0.235 e. The second kappa shape index (κ2) is 10.7. The highest BCUT2D eigenvalue weighted by molar-refractivity contribution is 15.0. The van der Waals surface area contributed by atoms with E-state index < -0.39 is 0 Å². The highest BCUT2D eigenvalue weighted by atomic mass is 128. The van der Waals surface area contributed by atoms with Crippen molar-refractivity contribution in [3.8, 4) is 5.88 Å². The first-order valence-electron chi connectivity index (χ1n) is 7.11. The average Bonchev–Trinajstić information content (AvgIpc) is 3.26. The Morgan fingerprint density at radius 1 is 1.26 bits per heavy atom. The molecule has 3 aromatic heterocycles. The third-order valence-corrected chi connectivity index (χ3v) is 2.78. The second-order valence-corrected chi connectivity index (χ2v) is 4.07. The fourth-order valence-electron chi connectivity index (χ4n) is 1.77. The Morgan fingerprint density at radius 2 is 2.00 bits per heavy atom. The number of hydrogen-bond donors (Lipinski definition) is 1. The first-order valence-corrected chi connectivity index (χ1v) is 13.4. The molecule has 1 N–H and O–H groups in total. The van der Waals surface area contributed by atoms with E-state index in [1.807, 2.05) is 33.8 Å². The van der Waals surface area contributed by atoms with E-state index in [4.69, 9.17) is 4.74 Å². The Hall–Kier alpha value is -1.05. The quantitative estimate of drug-likeness (QED) is 0.507. The molecule has 0 fully saturated rings. The molecule has 3 aromatic rings. The lowest BCUT2D eigenvalue weighted by Crippen LogP contribution is -2.06. The van der Waals surface area contributed by atoms with Crippen molar-refractivity contribution in [3.63, 3.8) is 0 Å². The fourth-order valence-corrected chi connectivity index (χ4v) is 1.77. The summed E-state index contributed by atoms with van der Waals surface area (Å²) in [6.45, 7) is 8.18.